The zero-order valence-corrected chi connectivity index (χ0v) is 31.3. The third kappa shape index (κ3) is 6.91. The first-order valence-electron chi connectivity index (χ1n) is 18.4. The van der Waals surface area contributed by atoms with E-state index in [0.29, 0.717) is 57.3 Å². The lowest BCUT2D eigenvalue weighted by Gasteiger charge is -2.11. The van der Waals surface area contributed by atoms with Crippen LogP contribution in [0.3, 0.4) is 0 Å². The number of aromatic nitrogens is 2. The maximum atomic E-state index is 13.0. The van der Waals surface area contributed by atoms with Crippen molar-refractivity contribution in [1.29, 1.82) is 0 Å². The molecule has 0 radical (unpaired) electrons. The number of esters is 2. The van der Waals surface area contributed by atoms with Gasteiger partial charge in [0.25, 0.3) is 0 Å². The van der Waals surface area contributed by atoms with E-state index in [9.17, 15) is 19.2 Å². The summed E-state index contributed by atoms with van der Waals surface area (Å²) in [5, 5.41) is 2.39. The summed E-state index contributed by atoms with van der Waals surface area (Å²) in [6, 6.07) is 37.7. The summed E-state index contributed by atoms with van der Waals surface area (Å²) in [6.07, 6.45) is 0. The van der Waals surface area contributed by atoms with Crippen LogP contribution >= 0.6 is 0 Å². The predicted molar refractivity (Wildman–Crippen MR) is 219 cm³/mol. The lowest BCUT2D eigenvalue weighted by molar-refractivity contribution is -0.162. The number of aryl methyl sites for hydroxylation is 2. The molecule has 8 rings (SSSR count). The molecule has 0 aliphatic rings. The number of amides is 2. The van der Waals surface area contributed by atoms with Crippen LogP contribution in [0.4, 0.5) is 0 Å². The van der Waals surface area contributed by atoms with Crippen LogP contribution in [-0.4, -0.2) is 46.1 Å². The molecule has 2 amide bonds. The molecule has 0 aliphatic heterocycles. The van der Waals surface area contributed by atoms with Crippen LogP contribution in [0.1, 0.15) is 43.0 Å². The zero-order valence-electron chi connectivity index (χ0n) is 31.3. The van der Waals surface area contributed by atoms with Crippen molar-refractivity contribution in [3.05, 3.63) is 155 Å². The lowest BCUT2D eigenvalue weighted by Crippen LogP contribution is -2.23. The summed E-state index contributed by atoms with van der Waals surface area (Å²) in [6.45, 7) is 3.89. The molecule has 4 N–H and O–H groups in total. The number of benzene rings is 6. The van der Waals surface area contributed by atoms with Gasteiger partial charge in [-0.15, -0.1) is 0 Å². The van der Waals surface area contributed by atoms with Crippen molar-refractivity contribution in [2.45, 2.75) is 26.9 Å². The Hall–Kier alpha value is -7.40. The molecule has 0 saturated carbocycles. The summed E-state index contributed by atoms with van der Waals surface area (Å²) in [7, 11) is 0. The maximum Gasteiger partial charge on any atom is 0.351 e. The maximum absolute atomic E-state index is 13.0. The molecule has 0 spiro atoms. The molecule has 11 nitrogen and oxygen atoms in total. The molecule has 57 heavy (non-hydrogen) atoms. The zero-order chi connectivity index (χ0) is 39.8. The Kier molecular flexibility index (Phi) is 9.64. The third-order valence-electron chi connectivity index (χ3n) is 10.2. The van der Waals surface area contributed by atoms with Crippen LogP contribution in [0.15, 0.2) is 121 Å². The van der Waals surface area contributed by atoms with Crippen molar-refractivity contribution in [2.75, 3.05) is 13.2 Å². The van der Waals surface area contributed by atoms with E-state index < -0.39 is 37.0 Å². The first-order valence-corrected chi connectivity index (χ1v) is 18.4. The van der Waals surface area contributed by atoms with E-state index in [1.807, 2.05) is 80.6 Å². The summed E-state index contributed by atoms with van der Waals surface area (Å²) in [5.41, 5.74) is 19.7. The van der Waals surface area contributed by atoms with Gasteiger partial charge in [-0.25, -0.2) is 9.59 Å². The molecule has 11 heteroatoms. The van der Waals surface area contributed by atoms with Crippen LogP contribution in [0.5, 0.6) is 11.5 Å². The Morgan fingerprint density at radius 3 is 1.51 bits per heavy atom. The minimum atomic E-state index is -0.941. The smallest absolute Gasteiger partial charge is 0.351 e. The number of fused-ring (bicyclic) bond motifs is 6. The fourth-order valence-corrected chi connectivity index (χ4v) is 7.71. The highest BCUT2D eigenvalue weighted by atomic mass is 16.6. The van der Waals surface area contributed by atoms with E-state index in [4.69, 9.17) is 25.7 Å². The molecule has 0 atom stereocenters. The number of carbonyl (C=O) groups excluding carboxylic acids is 4. The van der Waals surface area contributed by atoms with Gasteiger partial charge in [0.1, 0.15) is 11.5 Å². The number of hydrogen-bond acceptors (Lipinski definition) is 7. The first kappa shape index (κ1) is 36.6. The van der Waals surface area contributed by atoms with Crippen LogP contribution in [0, 0.1) is 13.8 Å². The van der Waals surface area contributed by atoms with Crippen molar-refractivity contribution in [2.24, 2.45) is 11.5 Å². The number of ether oxygens (including phenoxy) is 3. The highest BCUT2D eigenvalue weighted by molar-refractivity contribution is 6.21. The number of primary amides is 2. The molecule has 0 fully saturated rings. The average molecular weight is 759 g/mol. The van der Waals surface area contributed by atoms with Crippen LogP contribution in [0.2, 0.25) is 0 Å². The van der Waals surface area contributed by atoms with Gasteiger partial charge in [-0.2, -0.15) is 0 Å². The number of nitrogens with zero attached hydrogens (tertiary/aromatic N) is 2. The van der Waals surface area contributed by atoms with Crippen molar-refractivity contribution < 1.29 is 33.4 Å². The summed E-state index contributed by atoms with van der Waals surface area (Å²) >= 11 is 0. The highest BCUT2D eigenvalue weighted by Gasteiger charge is 2.23. The molecular formula is C46H38N4O7. The minimum absolute atomic E-state index is 0.308. The van der Waals surface area contributed by atoms with Gasteiger partial charge in [-0.1, -0.05) is 78.4 Å². The molecular weight excluding hydrogens is 721 g/mol. The van der Waals surface area contributed by atoms with E-state index in [1.165, 1.54) is 0 Å². The Bertz CT molecular complexity index is 2920. The van der Waals surface area contributed by atoms with Crippen molar-refractivity contribution in [3.63, 3.8) is 0 Å². The van der Waals surface area contributed by atoms with Crippen molar-refractivity contribution in [3.8, 4) is 11.5 Å². The standard InChI is InChI=1S/C46H38N4O7/c1-27-10-5-12-29(22-27)23-49-33-16-6-14-31(45(47)53)41(33)43-35(49)18-8-20-37(43)55-25-39(51)57-40(52)26-56-38-21-9-19-36-44(38)42-32(46(48)54)15-7-17-34(42)50(36)24-30-13-4-3-11-28(30)2/h3-22H,23-26H2,1-2H3,(H2,47,53)(H2,48,54). The summed E-state index contributed by atoms with van der Waals surface area (Å²) < 4.78 is 21.3. The lowest BCUT2D eigenvalue weighted by atomic mass is 10.1. The summed E-state index contributed by atoms with van der Waals surface area (Å²) in [4.78, 5) is 51.4. The largest absolute Gasteiger partial charge is 0.481 e. The monoisotopic (exact) mass is 758 g/mol. The molecule has 0 saturated heterocycles. The van der Waals surface area contributed by atoms with Gasteiger partial charge in [0, 0.05) is 35.0 Å². The minimum Gasteiger partial charge on any atom is -0.481 e. The van der Waals surface area contributed by atoms with E-state index in [1.54, 1.807) is 48.5 Å². The second kappa shape index (κ2) is 15.0. The van der Waals surface area contributed by atoms with E-state index >= 15 is 0 Å². The van der Waals surface area contributed by atoms with Crippen LogP contribution in [0.25, 0.3) is 43.6 Å². The molecule has 0 bridgehead atoms. The van der Waals surface area contributed by atoms with Gasteiger partial charge in [-0.3, -0.25) is 9.59 Å². The van der Waals surface area contributed by atoms with Gasteiger partial charge in [0.2, 0.25) is 11.8 Å². The Morgan fingerprint density at radius 1 is 0.526 bits per heavy atom. The number of hydrogen-bond donors (Lipinski definition) is 2. The average Bonchev–Trinajstić information content (AvgIpc) is 3.70. The van der Waals surface area contributed by atoms with Gasteiger partial charge in [-0.05, 0) is 79.1 Å². The predicted octanol–water partition coefficient (Wildman–Crippen LogP) is 7.34. The second-order valence-electron chi connectivity index (χ2n) is 13.9. The van der Waals surface area contributed by atoms with E-state index in [-0.39, 0.29) is 0 Å². The fraction of sp³-hybridized carbons (Fsp3) is 0.130. The van der Waals surface area contributed by atoms with Gasteiger partial charge < -0.3 is 34.8 Å². The van der Waals surface area contributed by atoms with E-state index in [0.717, 1.165) is 44.3 Å². The number of rotatable bonds is 12. The number of carbonyl (C=O) groups is 4. The molecule has 284 valence electrons. The molecule has 0 aliphatic carbocycles. The first-order chi connectivity index (χ1) is 27.6. The molecule has 8 aromatic rings. The topological polar surface area (TPSA) is 158 Å². The molecule has 2 aromatic heterocycles. The van der Waals surface area contributed by atoms with Crippen molar-refractivity contribution >= 4 is 67.4 Å². The third-order valence-corrected chi connectivity index (χ3v) is 10.2. The van der Waals surface area contributed by atoms with E-state index in [2.05, 4.69) is 15.2 Å². The molecule has 6 aromatic carbocycles. The Balaban J connectivity index is 1.04. The van der Waals surface area contributed by atoms with Crippen LogP contribution < -0.4 is 20.9 Å². The number of nitrogens with two attached hydrogens (primary N) is 2. The SMILES string of the molecule is Cc1cccc(Cn2c3cccc(OCC(=O)OC(=O)COc4cccc5c4c4c(C(N)=O)cccc4n5Cc4ccccc4C)c3c3c(C(N)=O)cccc32)c1. The summed E-state index contributed by atoms with van der Waals surface area (Å²) in [5.74, 6) is -2.46. The van der Waals surface area contributed by atoms with Crippen LogP contribution in [-0.2, 0) is 27.4 Å². The molecule has 2 heterocycles. The van der Waals surface area contributed by atoms with Crippen molar-refractivity contribution in [1.82, 2.24) is 9.13 Å². The quantitative estimate of drug-likeness (QED) is 0.0975. The Labute approximate surface area is 326 Å². The Morgan fingerprint density at radius 2 is 1.00 bits per heavy atom. The fourth-order valence-electron chi connectivity index (χ4n) is 7.71. The normalized spacial score (nSPS) is 11.3. The van der Waals surface area contributed by atoms with Gasteiger partial charge in [0.05, 0.1) is 32.8 Å². The highest BCUT2D eigenvalue weighted by Crippen LogP contribution is 2.40. The van der Waals surface area contributed by atoms with Gasteiger partial charge in [0.15, 0.2) is 13.2 Å². The second-order valence-corrected chi connectivity index (χ2v) is 13.9. The van der Waals surface area contributed by atoms with Gasteiger partial charge >= 0.3 is 11.9 Å². The molecule has 0 unspecified atom stereocenters.